The zero-order chi connectivity index (χ0) is 27.9. The van der Waals surface area contributed by atoms with Crippen molar-refractivity contribution in [2.24, 2.45) is 0 Å². The third-order valence-electron chi connectivity index (χ3n) is 7.07. The Kier molecular flexibility index (Phi) is 8.74. The van der Waals surface area contributed by atoms with Gasteiger partial charge < -0.3 is 19.3 Å². The van der Waals surface area contributed by atoms with Gasteiger partial charge >= 0.3 is 5.97 Å². The number of hydrogen-bond donors (Lipinski definition) is 1. The number of hydrogen-bond acceptors (Lipinski definition) is 4. The van der Waals surface area contributed by atoms with Crippen LogP contribution in [0, 0.1) is 6.92 Å². The van der Waals surface area contributed by atoms with E-state index >= 15 is 0 Å². The van der Waals surface area contributed by atoms with Gasteiger partial charge in [0, 0.05) is 13.0 Å². The first-order chi connectivity index (χ1) is 19.5. The van der Waals surface area contributed by atoms with Gasteiger partial charge in [-0.25, -0.2) is 4.79 Å². The zero-order valence-corrected chi connectivity index (χ0v) is 22.9. The molecule has 0 spiro atoms. The maximum atomic E-state index is 11.4. The first-order valence-electron chi connectivity index (χ1n) is 13.7. The van der Waals surface area contributed by atoms with Crippen LogP contribution in [0.3, 0.4) is 0 Å². The van der Waals surface area contributed by atoms with E-state index in [9.17, 15) is 9.90 Å². The number of carboxylic acid groups (broad SMARTS) is 1. The summed E-state index contributed by atoms with van der Waals surface area (Å²) >= 11 is 0. The lowest BCUT2D eigenvalue weighted by molar-refractivity contribution is -0.149. The summed E-state index contributed by atoms with van der Waals surface area (Å²) in [6.07, 6.45) is 3.57. The van der Waals surface area contributed by atoms with E-state index in [2.05, 4.69) is 79.7 Å². The molecular weight excluding hydrogens is 500 g/mol. The van der Waals surface area contributed by atoms with Gasteiger partial charge in [-0.05, 0) is 71.0 Å². The summed E-state index contributed by atoms with van der Waals surface area (Å²) in [5.74, 6) is -0.247. The second-order valence-electron chi connectivity index (χ2n) is 9.91. The molecule has 0 radical (unpaired) electrons. The summed E-state index contributed by atoms with van der Waals surface area (Å²) in [5.41, 5.74) is 8.98. The number of carbonyl (C=O) groups is 1. The molecule has 1 aliphatic rings. The van der Waals surface area contributed by atoms with Crippen molar-refractivity contribution in [2.45, 2.75) is 32.5 Å². The predicted molar refractivity (Wildman–Crippen MR) is 158 cm³/mol. The second kappa shape index (κ2) is 12.8. The lowest BCUT2D eigenvalue weighted by atomic mass is 9.92. The van der Waals surface area contributed by atoms with E-state index in [-0.39, 0.29) is 6.10 Å². The van der Waals surface area contributed by atoms with Gasteiger partial charge in [-0.15, -0.1) is 0 Å². The van der Waals surface area contributed by atoms with E-state index < -0.39 is 12.1 Å². The van der Waals surface area contributed by atoms with Crippen molar-refractivity contribution in [1.29, 1.82) is 0 Å². The molecule has 4 aromatic carbocycles. The minimum Gasteiger partial charge on any atom is -0.491 e. The molecule has 4 aromatic rings. The van der Waals surface area contributed by atoms with Crippen LogP contribution >= 0.6 is 0 Å². The topological polar surface area (TPSA) is 65.0 Å². The fourth-order valence-corrected chi connectivity index (χ4v) is 5.05. The van der Waals surface area contributed by atoms with Crippen LogP contribution in [0.25, 0.3) is 23.3 Å². The third kappa shape index (κ3) is 6.50. The normalized spacial score (nSPS) is 14.6. The molecule has 0 fully saturated rings. The zero-order valence-electron chi connectivity index (χ0n) is 22.9. The largest absolute Gasteiger partial charge is 0.491 e. The van der Waals surface area contributed by atoms with E-state index in [1.807, 2.05) is 30.3 Å². The van der Waals surface area contributed by atoms with Crippen LogP contribution in [0.1, 0.15) is 46.4 Å². The SMILES string of the molecule is CCOC(Cc1ccc(OCCOC2c3ccc(C)cc3C=Cc3ccc(-c4ccccc4)cc32)cc1)C(=O)O. The molecule has 0 bridgehead atoms. The Morgan fingerprint density at radius 2 is 1.60 bits per heavy atom. The van der Waals surface area contributed by atoms with Gasteiger partial charge in [0.15, 0.2) is 6.10 Å². The van der Waals surface area contributed by atoms with E-state index in [0.29, 0.717) is 32.0 Å². The van der Waals surface area contributed by atoms with Crippen LogP contribution in [-0.4, -0.2) is 37.0 Å². The molecule has 1 N–H and O–H groups in total. The minimum absolute atomic E-state index is 0.234. The van der Waals surface area contributed by atoms with Gasteiger partial charge in [-0.1, -0.05) is 90.5 Å². The highest BCUT2D eigenvalue weighted by Gasteiger charge is 2.23. The molecule has 5 heteroatoms. The van der Waals surface area contributed by atoms with Crippen molar-refractivity contribution < 1.29 is 24.1 Å². The number of aryl methyl sites for hydroxylation is 1. The van der Waals surface area contributed by atoms with Gasteiger partial charge in [0.25, 0.3) is 0 Å². The van der Waals surface area contributed by atoms with Crippen LogP contribution in [0.4, 0.5) is 0 Å². The average Bonchev–Trinajstić information content (AvgIpc) is 3.12. The summed E-state index contributed by atoms with van der Waals surface area (Å²) < 4.78 is 17.9. The van der Waals surface area contributed by atoms with Crippen LogP contribution in [0.5, 0.6) is 5.75 Å². The number of carboxylic acids is 1. The molecule has 2 unspecified atom stereocenters. The van der Waals surface area contributed by atoms with Crippen LogP contribution in [0.2, 0.25) is 0 Å². The minimum atomic E-state index is -0.956. The smallest absolute Gasteiger partial charge is 0.333 e. The van der Waals surface area contributed by atoms with Crippen molar-refractivity contribution in [3.8, 4) is 16.9 Å². The number of aliphatic carboxylic acids is 1. The fourth-order valence-electron chi connectivity index (χ4n) is 5.05. The molecule has 0 amide bonds. The van der Waals surface area contributed by atoms with E-state index in [0.717, 1.165) is 33.4 Å². The Balaban J connectivity index is 1.30. The van der Waals surface area contributed by atoms with Gasteiger partial charge in [0.05, 0.1) is 6.61 Å². The molecule has 40 heavy (non-hydrogen) atoms. The lowest BCUT2D eigenvalue weighted by Crippen LogP contribution is -2.26. The highest BCUT2D eigenvalue weighted by molar-refractivity contribution is 5.78. The molecule has 0 aromatic heterocycles. The maximum Gasteiger partial charge on any atom is 0.333 e. The molecule has 2 atom stereocenters. The van der Waals surface area contributed by atoms with Crippen molar-refractivity contribution >= 4 is 18.1 Å². The lowest BCUT2D eigenvalue weighted by Gasteiger charge is -2.22. The molecule has 0 aliphatic heterocycles. The quantitative estimate of drug-likeness (QED) is 0.204. The van der Waals surface area contributed by atoms with Crippen LogP contribution < -0.4 is 4.74 Å². The number of rotatable bonds is 11. The van der Waals surface area contributed by atoms with Crippen molar-refractivity contribution in [1.82, 2.24) is 0 Å². The Morgan fingerprint density at radius 3 is 2.35 bits per heavy atom. The number of fused-ring (bicyclic) bond motifs is 2. The standard InChI is InChI=1S/C35H34O5/c1-3-38-33(35(36)37)22-25-10-16-30(17-11-25)39-19-20-40-34-31-18-9-24(2)21-29(31)15-13-27-12-14-28(23-32(27)34)26-7-5-4-6-8-26/h4-18,21,23,33-34H,3,19-20,22H2,1-2H3,(H,36,37). The van der Waals surface area contributed by atoms with Crippen LogP contribution in [0.15, 0.2) is 91.0 Å². The molecule has 0 saturated heterocycles. The Morgan fingerprint density at radius 1 is 0.825 bits per heavy atom. The van der Waals surface area contributed by atoms with Crippen molar-refractivity contribution in [2.75, 3.05) is 19.8 Å². The Hall–Kier alpha value is -4.19. The predicted octanol–water partition coefficient (Wildman–Crippen LogP) is 7.36. The molecule has 5 rings (SSSR count). The molecule has 0 saturated carbocycles. The van der Waals surface area contributed by atoms with Crippen molar-refractivity contribution in [3.05, 3.63) is 124 Å². The Bertz CT molecular complexity index is 1470. The third-order valence-corrected chi connectivity index (χ3v) is 7.07. The monoisotopic (exact) mass is 534 g/mol. The fraction of sp³-hybridized carbons (Fsp3) is 0.229. The van der Waals surface area contributed by atoms with Gasteiger partial charge in [0.2, 0.25) is 0 Å². The summed E-state index contributed by atoms with van der Waals surface area (Å²) in [7, 11) is 0. The first kappa shape index (κ1) is 27.4. The van der Waals surface area contributed by atoms with E-state index in [1.165, 1.54) is 11.1 Å². The summed E-state index contributed by atoms with van der Waals surface area (Å²) in [5, 5.41) is 9.33. The van der Waals surface area contributed by atoms with Gasteiger partial charge in [-0.3, -0.25) is 0 Å². The first-order valence-corrected chi connectivity index (χ1v) is 13.7. The number of ether oxygens (including phenoxy) is 3. The molecule has 204 valence electrons. The highest BCUT2D eigenvalue weighted by Crippen LogP contribution is 2.38. The van der Waals surface area contributed by atoms with Crippen LogP contribution in [-0.2, 0) is 20.7 Å². The van der Waals surface area contributed by atoms with E-state index in [1.54, 1.807) is 6.92 Å². The molecule has 1 aliphatic carbocycles. The summed E-state index contributed by atoms with van der Waals surface area (Å²) in [6, 6.07) is 30.9. The second-order valence-corrected chi connectivity index (χ2v) is 9.91. The molecule has 5 nitrogen and oxygen atoms in total. The van der Waals surface area contributed by atoms with Gasteiger partial charge in [0.1, 0.15) is 18.5 Å². The average molecular weight is 535 g/mol. The van der Waals surface area contributed by atoms with Crippen molar-refractivity contribution in [3.63, 3.8) is 0 Å². The summed E-state index contributed by atoms with van der Waals surface area (Å²) in [6.45, 7) is 5.04. The summed E-state index contributed by atoms with van der Waals surface area (Å²) in [4.78, 5) is 11.4. The highest BCUT2D eigenvalue weighted by atomic mass is 16.5. The van der Waals surface area contributed by atoms with E-state index in [4.69, 9.17) is 14.2 Å². The molecular formula is C35H34O5. The maximum absolute atomic E-state index is 11.4. The van der Waals surface area contributed by atoms with Gasteiger partial charge in [-0.2, -0.15) is 0 Å². The molecule has 0 heterocycles. The number of benzene rings is 4. The Labute approximate surface area is 235 Å².